The molecule has 1 aliphatic rings. The number of nitrogens with zero attached hydrogens (tertiary/aromatic N) is 1. The summed E-state index contributed by atoms with van der Waals surface area (Å²) in [6.45, 7) is 4.61. The highest BCUT2D eigenvalue weighted by Crippen LogP contribution is 2.37. The van der Waals surface area contributed by atoms with Crippen LogP contribution in [0.1, 0.15) is 24.9 Å². The Balaban J connectivity index is 2.34. The molecule has 0 saturated carbocycles. The van der Waals surface area contributed by atoms with Crippen LogP contribution in [0.25, 0.3) is 0 Å². The first kappa shape index (κ1) is 12.8. The lowest BCUT2D eigenvalue weighted by Crippen LogP contribution is -2.28. The van der Waals surface area contributed by atoms with E-state index in [-0.39, 0.29) is 11.9 Å². The first-order valence-electron chi connectivity index (χ1n) is 6.06. The molecule has 2 nitrogen and oxygen atoms in total. The van der Waals surface area contributed by atoms with E-state index in [0.717, 1.165) is 25.1 Å². The lowest BCUT2D eigenvalue weighted by molar-refractivity contribution is 0.236. The second-order valence-corrected chi connectivity index (χ2v) is 4.96. The second-order valence-electron chi connectivity index (χ2n) is 4.52. The smallest absolute Gasteiger partial charge is 0.129 e. The predicted molar refractivity (Wildman–Crippen MR) is 68.6 cm³/mol. The van der Waals surface area contributed by atoms with E-state index in [9.17, 15) is 4.39 Å². The van der Waals surface area contributed by atoms with Crippen molar-refractivity contribution in [1.82, 2.24) is 4.90 Å². The molecule has 2 unspecified atom stereocenters. The maximum atomic E-state index is 14.0. The van der Waals surface area contributed by atoms with Crippen LogP contribution in [0.4, 0.5) is 4.39 Å². The molecule has 1 saturated heterocycles. The van der Waals surface area contributed by atoms with Gasteiger partial charge in [-0.05, 0) is 44.1 Å². The van der Waals surface area contributed by atoms with Crippen molar-refractivity contribution in [3.05, 3.63) is 34.6 Å². The fourth-order valence-corrected chi connectivity index (χ4v) is 2.88. The quantitative estimate of drug-likeness (QED) is 0.901. The van der Waals surface area contributed by atoms with E-state index in [4.69, 9.17) is 17.3 Å². The maximum Gasteiger partial charge on any atom is 0.129 e. The van der Waals surface area contributed by atoms with E-state index >= 15 is 0 Å². The van der Waals surface area contributed by atoms with E-state index in [2.05, 4.69) is 11.8 Å². The molecule has 0 bridgehead atoms. The number of hydrogen-bond acceptors (Lipinski definition) is 2. The summed E-state index contributed by atoms with van der Waals surface area (Å²) in [6, 6.07) is 5.03. The Morgan fingerprint density at radius 1 is 1.53 bits per heavy atom. The molecule has 1 aromatic rings. The summed E-state index contributed by atoms with van der Waals surface area (Å²) < 4.78 is 14.0. The summed E-state index contributed by atoms with van der Waals surface area (Å²) in [5.41, 5.74) is 6.51. The number of likely N-dealkylation sites (tertiary alicyclic amines) is 1. The second kappa shape index (κ2) is 5.34. The molecular formula is C13H18ClFN2. The summed E-state index contributed by atoms with van der Waals surface area (Å²) in [5.74, 6) is 0.118. The molecule has 1 fully saturated rings. The van der Waals surface area contributed by atoms with Crippen LogP contribution in [0.2, 0.25) is 5.02 Å². The van der Waals surface area contributed by atoms with Crippen LogP contribution in [0, 0.1) is 11.7 Å². The Kier molecular flexibility index (Phi) is 4.02. The van der Waals surface area contributed by atoms with Crippen molar-refractivity contribution < 1.29 is 4.39 Å². The lowest BCUT2D eigenvalue weighted by atomic mass is 9.93. The average Bonchev–Trinajstić information content (AvgIpc) is 2.71. The van der Waals surface area contributed by atoms with Crippen molar-refractivity contribution in [2.45, 2.75) is 19.4 Å². The van der Waals surface area contributed by atoms with Gasteiger partial charge in [0.15, 0.2) is 0 Å². The number of hydrogen-bond donors (Lipinski definition) is 1. The fraction of sp³-hybridized carbons (Fsp3) is 0.538. The van der Waals surface area contributed by atoms with Gasteiger partial charge >= 0.3 is 0 Å². The highest BCUT2D eigenvalue weighted by molar-refractivity contribution is 6.30. The van der Waals surface area contributed by atoms with Gasteiger partial charge in [0, 0.05) is 16.6 Å². The summed E-state index contributed by atoms with van der Waals surface area (Å²) in [5, 5.41) is 0.441. The van der Waals surface area contributed by atoms with E-state index in [0.29, 0.717) is 17.5 Å². The van der Waals surface area contributed by atoms with Gasteiger partial charge < -0.3 is 5.73 Å². The molecule has 0 spiro atoms. The highest BCUT2D eigenvalue weighted by Gasteiger charge is 2.34. The van der Waals surface area contributed by atoms with Crippen LogP contribution in [0.5, 0.6) is 0 Å². The molecule has 17 heavy (non-hydrogen) atoms. The molecule has 2 N–H and O–H groups in total. The predicted octanol–water partition coefficient (Wildman–Crippen LogP) is 2.82. The minimum absolute atomic E-state index is 0.0993. The van der Waals surface area contributed by atoms with Crippen LogP contribution in [0.3, 0.4) is 0 Å². The SMILES string of the molecule is CCN1CCC(CN)C1c1ccc(Cl)cc1F. The molecule has 2 rings (SSSR count). The zero-order valence-electron chi connectivity index (χ0n) is 10.00. The minimum atomic E-state index is -0.221. The van der Waals surface area contributed by atoms with Crippen molar-refractivity contribution in [2.75, 3.05) is 19.6 Å². The van der Waals surface area contributed by atoms with E-state index in [1.165, 1.54) is 6.07 Å². The number of benzene rings is 1. The zero-order chi connectivity index (χ0) is 12.4. The molecule has 0 aromatic heterocycles. The minimum Gasteiger partial charge on any atom is -0.330 e. The van der Waals surface area contributed by atoms with Gasteiger partial charge in [-0.2, -0.15) is 0 Å². The summed E-state index contributed by atoms with van der Waals surface area (Å²) in [7, 11) is 0. The van der Waals surface area contributed by atoms with Crippen LogP contribution in [-0.4, -0.2) is 24.5 Å². The molecule has 94 valence electrons. The average molecular weight is 257 g/mol. The van der Waals surface area contributed by atoms with Gasteiger partial charge in [0.2, 0.25) is 0 Å². The zero-order valence-corrected chi connectivity index (χ0v) is 10.8. The largest absolute Gasteiger partial charge is 0.330 e. The highest BCUT2D eigenvalue weighted by atomic mass is 35.5. The Morgan fingerprint density at radius 3 is 2.88 bits per heavy atom. The van der Waals surface area contributed by atoms with E-state index < -0.39 is 0 Å². The van der Waals surface area contributed by atoms with Gasteiger partial charge in [0.1, 0.15) is 5.82 Å². The van der Waals surface area contributed by atoms with Gasteiger partial charge in [-0.25, -0.2) is 4.39 Å². The third kappa shape index (κ3) is 2.46. The number of halogens is 2. The summed E-state index contributed by atoms with van der Waals surface area (Å²) in [4.78, 5) is 2.28. The van der Waals surface area contributed by atoms with Crippen LogP contribution in [-0.2, 0) is 0 Å². The molecule has 1 aliphatic heterocycles. The van der Waals surface area contributed by atoms with Gasteiger partial charge in [0.25, 0.3) is 0 Å². The molecule has 1 heterocycles. The first-order valence-corrected chi connectivity index (χ1v) is 6.44. The molecule has 0 amide bonds. The molecular weight excluding hydrogens is 239 g/mol. The van der Waals surface area contributed by atoms with Gasteiger partial charge in [-0.3, -0.25) is 4.90 Å². The summed E-state index contributed by atoms with van der Waals surface area (Å²) in [6.07, 6.45) is 1.04. The Bertz CT molecular complexity index is 385. The van der Waals surface area contributed by atoms with Crippen LogP contribution < -0.4 is 5.73 Å². The lowest BCUT2D eigenvalue weighted by Gasteiger charge is -2.27. The third-order valence-electron chi connectivity index (χ3n) is 3.62. The fourth-order valence-electron chi connectivity index (χ4n) is 2.72. The molecule has 0 aliphatic carbocycles. The first-order chi connectivity index (χ1) is 8.17. The summed E-state index contributed by atoms with van der Waals surface area (Å²) >= 11 is 5.79. The van der Waals surface area contributed by atoms with Crippen molar-refractivity contribution in [1.29, 1.82) is 0 Å². The molecule has 4 heteroatoms. The standard InChI is InChI=1S/C13H18ClFN2/c1-2-17-6-5-9(8-16)13(17)11-4-3-10(14)7-12(11)15/h3-4,7,9,13H,2,5-6,8,16H2,1H3. The monoisotopic (exact) mass is 256 g/mol. The van der Waals surface area contributed by atoms with Crippen LogP contribution in [0.15, 0.2) is 18.2 Å². The van der Waals surface area contributed by atoms with Crippen LogP contribution >= 0.6 is 11.6 Å². The van der Waals surface area contributed by atoms with Crippen molar-refractivity contribution >= 4 is 11.6 Å². The molecule has 1 aromatic carbocycles. The van der Waals surface area contributed by atoms with Crippen molar-refractivity contribution in [3.63, 3.8) is 0 Å². The molecule has 0 radical (unpaired) electrons. The Morgan fingerprint density at radius 2 is 2.29 bits per heavy atom. The number of nitrogens with two attached hydrogens (primary N) is 1. The van der Waals surface area contributed by atoms with E-state index in [1.54, 1.807) is 12.1 Å². The van der Waals surface area contributed by atoms with Crippen molar-refractivity contribution in [3.8, 4) is 0 Å². The third-order valence-corrected chi connectivity index (χ3v) is 3.85. The maximum absolute atomic E-state index is 14.0. The Hall–Kier alpha value is -0.640. The van der Waals surface area contributed by atoms with E-state index in [1.807, 2.05) is 0 Å². The Labute approximate surface area is 107 Å². The topological polar surface area (TPSA) is 29.3 Å². The molecule has 2 atom stereocenters. The number of rotatable bonds is 3. The van der Waals surface area contributed by atoms with Crippen molar-refractivity contribution in [2.24, 2.45) is 11.7 Å². The normalized spacial score (nSPS) is 25.4. The van der Waals surface area contributed by atoms with Gasteiger partial charge in [-0.15, -0.1) is 0 Å². The van der Waals surface area contributed by atoms with Gasteiger partial charge in [-0.1, -0.05) is 24.6 Å². The van der Waals surface area contributed by atoms with Gasteiger partial charge in [0.05, 0.1) is 0 Å².